The average molecular weight is 312 g/mol. The third-order valence-electron chi connectivity index (χ3n) is 3.70. The normalized spacial score (nSPS) is 18.6. The van der Waals surface area contributed by atoms with Crippen LogP contribution in [0.15, 0.2) is 10.6 Å². The molecular formula is C13H20N4O3S. The van der Waals surface area contributed by atoms with Crippen molar-refractivity contribution in [3.05, 3.63) is 17.5 Å². The van der Waals surface area contributed by atoms with Gasteiger partial charge in [-0.25, -0.2) is 8.42 Å². The first-order valence-corrected chi connectivity index (χ1v) is 8.42. The molecule has 0 amide bonds. The maximum absolute atomic E-state index is 12.4. The quantitative estimate of drug-likeness (QED) is 0.814. The highest BCUT2D eigenvalue weighted by Gasteiger charge is 2.33. The Morgan fingerprint density at radius 1 is 1.38 bits per heavy atom. The molecule has 1 aliphatic rings. The Morgan fingerprint density at radius 2 is 2.00 bits per heavy atom. The van der Waals surface area contributed by atoms with Gasteiger partial charge in [0, 0.05) is 32.2 Å². The van der Waals surface area contributed by atoms with E-state index in [0.717, 1.165) is 0 Å². The summed E-state index contributed by atoms with van der Waals surface area (Å²) in [6, 6.07) is 3.87. The first kappa shape index (κ1) is 15.9. The summed E-state index contributed by atoms with van der Waals surface area (Å²) in [5.41, 5.74) is -0.147. The lowest BCUT2D eigenvalue weighted by atomic mass is 10.0. The van der Waals surface area contributed by atoms with Gasteiger partial charge in [0.25, 0.3) is 0 Å². The molecule has 0 aliphatic carbocycles. The summed E-state index contributed by atoms with van der Waals surface area (Å²) in [5, 5.41) is 12.9. The lowest BCUT2D eigenvalue weighted by molar-refractivity contribution is 0.115. The van der Waals surface area contributed by atoms with Gasteiger partial charge in [-0.1, -0.05) is 5.16 Å². The summed E-state index contributed by atoms with van der Waals surface area (Å²) >= 11 is 0. The zero-order chi connectivity index (χ0) is 15.7. The van der Waals surface area contributed by atoms with Crippen LogP contribution in [0.1, 0.15) is 25.3 Å². The summed E-state index contributed by atoms with van der Waals surface area (Å²) < 4.78 is 31.1. The van der Waals surface area contributed by atoms with Crippen molar-refractivity contribution in [2.45, 2.75) is 32.1 Å². The van der Waals surface area contributed by atoms with E-state index in [1.165, 1.54) is 4.31 Å². The van der Waals surface area contributed by atoms with Crippen LogP contribution < -0.4 is 0 Å². The van der Waals surface area contributed by atoms with Gasteiger partial charge < -0.3 is 4.52 Å². The molecule has 0 unspecified atom stereocenters. The first-order chi connectivity index (χ1) is 9.74. The van der Waals surface area contributed by atoms with Gasteiger partial charge in [-0.15, -0.1) is 0 Å². The number of nitrogens with zero attached hydrogens (tertiary/aromatic N) is 4. The van der Waals surface area contributed by atoms with Gasteiger partial charge in [0.05, 0.1) is 6.07 Å². The molecule has 0 bridgehead atoms. The van der Waals surface area contributed by atoms with Crippen LogP contribution in [0.3, 0.4) is 0 Å². The summed E-state index contributed by atoms with van der Waals surface area (Å²) in [5.74, 6) is 0.451. The number of hydrogen-bond acceptors (Lipinski definition) is 6. The third kappa shape index (κ3) is 3.61. The summed E-state index contributed by atoms with van der Waals surface area (Å²) in [4.78, 5) is 2.00. The molecule has 2 rings (SSSR count). The Hall–Kier alpha value is -1.43. The molecule has 21 heavy (non-hydrogen) atoms. The van der Waals surface area contributed by atoms with Gasteiger partial charge in [-0.2, -0.15) is 9.57 Å². The molecule has 1 aromatic heterocycles. The lowest BCUT2D eigenvalue weighted by Gasteiger charge is -2.39. The van der Waals surface area contributed by atoms with Crippen LogP contribution in [0.4, 0.5) is 0 Å². The maximum atomic E-state index is 12.4. The number of piperazine rings is 1. The van der Waals surface area contributed by atoms with Crippen molar-refractivity contribution in [3.8, 4) is 6.07 Å². The number of sulfonamides is 1. The van der Waals surface area contributed by atoms with Crippen LogP contribution in [-0.2, 0) is 15.8 Å². The van der Waals surface area contributed by atoms with Crippen LogP contribution in [0.25, 0.3) is 0 Å². The molecular weight excluding hydrogens is 292 g/mol. The fourth-order valence-corrected chi connectivity index (χ4v) is 3.77. The van der Waals surface area contributed by atoms with Gasteiger partial charge in [0.1, 0.15) is 22.7 Å². The molecule has 0 saturated carbocycles. The zero-order valence-corrected chi connectivity index (χ0v) is 13.4. The largest absolute Gasteiger partial charge is 0.361 e. The Kier molecular flexibility index (Phi) is 4.37. The second-order valence-electron chi connectivity index (χ2n) is 5.74. The molecule has 0 aromatic carbocycles. The topological polar surface area (TPSA) is 90.4 Å². The van der Waals surface area contributed by atoms with Crippen molar-refractivity contribution < 1.29 is 12.9 Å². The van der Waals surface area contributed by atoms with E-state index in [9.17, 15) is 8.42 Å². The number of nitriles is 1. The zero-order valence-electron chi connectivity index (χ0n) is 12.5. The summed E-state index contributed by atoms with van der Waals surface area (Å²) in [6.45, 7) is 7.31. The van der Waals surface area contributed by atoms with E-state index < -0.39 is 15.6 Å². The molecule has 0 N–H and O–H groups in total. The Balaban J connectivity index is 2.00. The van der Waals surface area contributed by atoms with E-state index >= 15 is 0 Å². The van der Waals surface area contributed by atoms with Gasteiger partial charge in [0.15, 0.2) is 0 Å². The third-order valence-corrected chi connectivity index (χ3v) is 5.52. The van der Waals surface area contributed by atoms with Crippen LogP contribution >= 0.6 is 0 Å². The standard InChI is InChI=1S/C13H20N4O3S/c1-11-8-12(15-20-11)9-21(18,19)17-6-4-16(5-7-17)13(2,3)10-14/h8H,4-7,9H2,1-3H3. The minimum absolute atomic E-state index is 0.147. The van der Waals surface area contributed by atoms with Crippen molar-refractivity contribution in [2.24, 2.45) is 0 Å². The van der Waals surface area contributed by atoms with Crippen molar-refractivity contribution in [3.63, 3.8) is 0 Å². The highest BCUT2D eigenvalue weighted by Crippen LogP contribution is 2.19. The van der Waals surface area contributed by atoms with Crippen molar-refractivity contribution in [2.75, 3.05) is 26.2 Å². The maximum Gasteiger partial charge on any atom is 0.220 e. The van der Waals surface area contributed by atoms with E-state index in [4.69, 9.17) is 9.78 Å². The second-order valence-corrected chi connectivity index (χ2v) is 7.71. The van der Waals surface area contributed by atoms with Crippen LogP contribution in [0, 0.1) is 18.3 Å². The van der Waals surface area contributed by atoms with Gasteiger partial charge in [-0.05, 0) is 20.8 Å². The molecule has 1 fully saturated rings. The van der Waals surface area contributed by atoms with Gasteiger partial charge in [0.2, 0.25) is 10.0 Å². The smallest absolute Gasteiger partial charge is 0.220 e. The molecule has 1 saturated heterocycles. The van der Waals surface area contributed by atoms with Gasteiger partial charge in [-0.3, -0.25) is 4.90 Å². The monoisotopic (exact) mass is 312 g/mol. The predicted octanol–water partition coefficient (Wildman–Crippen LogP) is 0.733. The van der Waals surface area contributed by atoms with E-state index in [1.807, 2.05) is 18.7 Å². The average Bonchev–Trinajstić information content (AvgIpc) is 2.83. The van der Waals surface area contributed by atoms with Crippen LogP contribution in [0.2, 0.25) is 0 Å². The van der Waals surface area contributed by atoms with E-state index in [-0.39, 0.29) is 5.75 Å². The number of aryl methyl sites for hydroxylation is 1. The molecule has 1 aromatic rings. The molecule has 7 nitrogen and oxygen atoms in total. The first-order valence-electron chi connectivity index (χ1n) is 6.81. The van der Waals surface area contributed by atoms with E-state index in [0.29, 0.717) is 37.6 Å². The van der Waals surface area contributed by atoms with Crippen molar-refractivity contribution in [1.29, 1.82) is 5.26 Å². The Bertz CT molecular complexity index is 637. The minimum Gasteiger partial charge on any atom is -0.361 e. The fraction of sp³-hybridized carbons (Fsp3) is 0.692. The van der Waals surface area contributed by atoms with Crippen molar-refractivity contribution in [1.82, 2.24) is 14.4 Å². The molecule has 0 radical (unpaired) electrons. The second kappa shape index (κ2) is 5.75. The minimum atomic E-state index is -3.40. The number of aromatic nitrogens is 1. The summed E-state index contributed by atoms with van der Waals surface area (Å²) in [6.07, 6.45) is 0. The van der Waals surface area contributed by atoms with Crippen LogP contribution in [0.5, 0.6) is 0 Å². The predicted molar refractivity (Wildman–Crippen MR) is 76.7 cm³/mol. The molecule has 1 aliphatic heterocycles. The van der Waals surface area contributed by atoms with Crippen molar-refractivity contribution >= 4 is 10.0 Å². The highest BCUT2D eigenvalue weighted by atomic mass is 32.2. The van der Waals surface area contributed by atoms with Crippen LogP contribution in [-0.4, -0.2) is 54.5 Å². The molecule has 116 valence electrons. The lowest BCUT2D eigenvalue weighted by Crippen LogP contribution is -2.55. The molecule has 2 heterocycles. The SMILES string of the molecule is Cc1cc(CS(=O)(=O)N2CCN(C(C)(C)C#N)CC2)no1. The number of rotatable bonds is 4. The van der Waals surface area contributed by atoms with E-state index in [2.05, 4.69) is 11.2 Å². The fourth-order valence-electron chi connectivity index (χ4n) is 2.36. The van der Waals surface area contributed by atoms with E-state index in [1.54, 1.807) is 13.0 Å². The molecule has 0 atom stereocenters. The Labute approximate surface area is 125 Å². The number of hydrogen-bond donors (Lipinski definition) is 0. The molecule has 8 heteroatoms. The highest BCUT2D eigenvalue weighted by molar-refractivity contribution is 7.88. The Morgan fingerprint density at radius 3 is 2.48 bits per heavy atom. The summed E-state index contributed by atoms with van der Waals surface area (Å²) in [7, 11) is -3.40. The van der Waals surface area contributed by atoms with Gasteiger partial charge >= 0.3 is 0 Å². The molecule has 0 spiro atoms.